The van der Waals surface area contributed by atoms with Crippen molar-refractivity contribution in [2.75, 3.05) is 14.2 Å². The molecule has 0 fully saturated rings. The third-order valence-corrected chi connectivity index (χ3v) is 4.25. The van der Waals surface area contributed by atoms with Crippen LogP contribution in [0.5, 0.6) is 11.5 Å². The average molecular weight is 317 g/mol. The Kier molecular flexibility index (Phi) is 3.55. The summed E-state index contributed by atoms with van der Waals surface area (Å²) in [5, 5.41) is 2.79. The molecule has 2 aliphatic rings. The number of ether oxygens (including phenoxy) is 3. The first kappa shape index (κ1) is 15.4. The maximum atomic E-state index is 12.4. The predicted molar refractivity (Wildman–Crippen MR) is 82.2 cm³/mol. The maximum absolute atomic E-state index is 12.4. The maximum Gasteiger partial charge on any atom is 0.337 e. The molecule has 3 rings (SSSR count). The van der Waals surface area contributed by atoms with E-state index >= 15 is 0 Å². The fraction of sp³-hybridized carbons (Fsp3) is 0.412. The fourth-order valence-corrected chi connectivity index (χ4v) is 3.23. The molecular formula is C17H19NO5. The molecule has 122 valence electrons. The van der Waals surface area contributed by atoms with Crippen LogP contribution < -0.4 is 14.8 Å². The molecule has 6 heteroatoms. The average Bonchev–Trinajstić information content (AvgIpc) is 2.74. The van der Waals surface area contributed by atoms with E-state index in [-0.39, 0.29) is 12.3 Å². The van der Waals surface area contributed by atoms with Gasteiger partial charge in [-0.2, -0.15) is 0 Å². The number of rotatable bonds is 3. The third kappa shape index (κ3) is 2.34. The van der Waals surface area contributed by atoms with Crippen LogP contribution in [-0.4, -0.2) is 31.7 Å². The zero-order chi connectivity index (χ0) is 16.8. The largest absolute Gasteiger partial charge is 0.493 e. The summed E-state index contributed by atoms with van der Waals surface area (Å²) in [5.41, 5.74) is 0.922. The van der Waals surface area contributed by atoms with Gasteiger partial charge in [-0.15, -0.1) is 0 Å². The number of nitrogens with one attached hydrogen (secondary N) is 1. The van der Waals surface area contributed by atoms with Gasteiger partial charge >= 0.3 is 5.97 Å². The SMILES string of the molecule is COc1cccc(C2CC(=O)NC3=C2C(=O)OC3(C)C)c1OC. The second-order valence-corrected chi connectivity index (χ2v) is 6.08. The van der Waals surface area contributed by atoms with Crippen LogP contribution in [0.4, 0.5) is 0 Å². The van der Waals surface area contributed by atoms with Gasteiger partial charge in [0.15, 0.2) is 11.5 Å². The van der Waals surface area contributed by atoms with Crippen molar-refractivity contribution in [2.24, 2.45) is 0 Å². The van der Waals surface area contributed by atoms with Gasteiger partial charge < -0.3 is 19.5 Å². The quantitative estimate of drug-likeness (QED) is 0.862. The van der Waals surface area contributed by atoms with Gasteiger partial charge in [0.2, 0.25) is 5.91 Å². The van der Waals surface area contributed by atoms with Gasteiger partial charge in [0.1, 0.15) is 5.60 Å². The fourth-order valence-electron chi connectivity index (χ4n) is 3.23. The van der Waals surface area contributed by atoms with Gasteiger partial charge in [-0.3, -0.25) is 4.79 Å². The Morgan fingerprint density at radius 2 is 1.96 bits per heavy atom. The molecule has 0 saturated carbocycles. The van der Waals surface area contributed by atoms with Crippen LogP contribution in [0.25, 0.3) is 0 Å². The Balaban J connectivity index is 2.18. The first-order valence-corrected chi connectivity index (χ1v) is 7.37. The summed E-state index contributed by atoms with van der Waals surface area (Å²) in [6, 6.07) is 5.43. The lowest BCUT2D eigenvalue weighted by atomic mass is 9.82. The Morgan fingerprint density at radius 1 is 1.22 bits per heavy atom. The molecular weight excluding hydrogens is 298 g/mol. The summed E-state index contributed by atoms with van der Waals surface area (Å²) in [7, 11) is 3.09. The highest BCUT2D eigenvalue weighted by atomic mass is 16.6. The summed E-state index contributed by atoms with van der Waals surface area (Å²) >= 11 is 0. The zero-order valence-electron chi connectivity index (χ0n) is 13.6. The number of methoxy groups -OCH3 is 2. The van der Waals surface area contributed by atoms with Crippen molar-refractivity contribution in [2.45, 2.75) is 31.8 Å². The number of cyclic esters (lactones) is 1. The van der Waals surface area contributed by atoms with E-state index in [0.717, 1.165) is 5.56 Å². The highest BCUT2D eigenvalue weighted by molar-refractivity contribution is 5.99. The highest BCUT2D eigenvalue weighted by Crippen LogP contribution is 2.46. The molecule has 1 unspecified atom stereocenters. The van der Waals surface area contributed by atoms with Crippen LogP contribution in [0.15, 0.2) is 29.5 Å². The van der Waals surface area contributed by atoms with Crippen molar-refractivity contribution in [3.63, 3.8) is 0 Å². The number of para-hydroxylation sites is 1. The molecule has 23 heavy (non-hydrogen) atoms. The minimum atomic E-state index is -0.840. The van der Waals surface area contributed by atoms with Gasteiger partial charge in [-0.25, -0.2) is 4.79 Å². The van der Waals surface area contributed by atoms with E-state index in [1.165, 1.54) is 7.11 Å². The third-order valence-electron chi connectivity index (χ3n) is 4.25. The summed E-state index contributed by atoms with van der Waals surface area (Å²) in [6.07, 6.45) is 0.160. The first-order chi connectivity index (χ1) is 10.9. The molecule has 2 heterocycles. The zero-order valence-corrected chi connectivity index (χ0v) is 13.6. The second kappa shape index (κ2) is 5.30. The molecule has 1 amide bonds. The molecule has 0 aliphatic carbocycles. The summed E-state index contributed by atoms with van der Waals surface area (Å²) in [6.45, 7) is 3.53. The van der Waals surface area contributed by atoms with E-state index in [4.69, 9.17) is 14.2 Å². The smallest absolute Gasteiger partial charge is 0.337 e. The minimum Gasteiger partial charge on any atom is -0.493 e. The molecule has 1 atom stereocenters. The Hall–Kier alpha value is -2.50. The number of amides is 1. The molecule has 2 aliphatic heterocycles. The van der Waals surface area contributed by atoms with Crippen molar-refractivity contribution in [1.29, 1.82) is 0 Å². The van der Waals surface area contributed by atoms with E-state index in [1.54, 1.807) is 27.0 Å². The highest BCUT2D eigenvalue weighted by Gasteiger charge is 2.48. The lowest BCUT2D eigenvalue weighted by Crippen LogP contribution is -2.38. The molecule has 0 aromatic heterocycles. The Labute approximate surface area is 134 Å². The van der Waals surface area contributed by atoms with E-state index in [2.05, 4.69) is 5.32 Å². The van der Waals surface area contributed by atoms with Crippen LogP contribution in [0.3, 0.4) is 0 Å². The van der Waals surface area contributed by atoms with Crippen LogP contribution in [0.2, 0.25) is 0 Å². The Bertz CT molecular complexity index is 720. The molecule has 1 N–H and O–H groups in total. The minimum absolute atomic E-state index is 0.148. The van der Waals surface area contributed by atoms with Crippen molar-refractivity contribution in [3.05, 3.63) is 35.0 Å². The van der Waals surface area contributed by atoms with E-state index in [9.17, 15) is 9.59 Å². The van der Waals surface area contributed by atoms with Crippen molar-refractivity contribution in [3.8, 4) is 11.5 Å². The van der Waals surface area contributed by atoms with E-state index < -0.39 is 17.5 Å². The normalized spacial score (nSPS) is 22.3. The Morgan fingerprint density at radius 3 is 2.61 bits per heavy atom. The number of carbonyl (C=O) groups excluding carboxylic acids is 2. The molecule has 0 saturated heterocycles. The van der Waals surface area contributed by atoms with Crippen LogP contribution in [-0.2, 0) is 14.3 Å². The predicted octanol–water partition coefficient (Wildman–Crippen LogP) is 1.90. The molecule has 0 radical (unpaired) electrons. The van der Waals surface area contributed by atoms with Gasteiger partial charge in [-0.1, -0.05) is 12.1 Å². The first-order valence-electron chi connectivity index (χ1n) is 7.37. The second-order valence-electron chi connectivity index (χ2n) is 6.08. The lowest BCUT2D eigenvalue weighted by Gasteiger charge is -2.28. The number of esters is 1. The van der Waals surface area contributed by atoms with Crippen LogP contribution >= 0.6 is 0 Å². The number of benzene rings is 1. The molecule has 6 nitrogen and oxygen atoms in total. The topological polar surface area (TPSA) is 73.9 Å². The number of hydrogen-bond donors (Lipinski definition) is 1. The summed E-state index contributed by atoms with van der Waals surface area (Å²) in [4.78, 5) is 24.5. The summed E-state index contributed by atoms with van der Waals surface area (Å²) < 4.78 is 16.2. The number of carbonyl (C=O) groups is 2. The molecule has 0 spiro atoms. The standard InChI is InChI=1S/C17H19NO5/c1-17(2)15-13(16(20)23-17)10(8-12(19)18-15)9-6-5-7-11(21-3)14(9)22-4/h5-7,10H,8H2,1-4H3,(H,18,19). The van der Waals surface area contributed by atoms with Gasteiger partial charge in [-0.05, 0) is 19.9 Å². The number of hydrogen-bond acceptors (Lipinski definition) is 5. The van der Waals surface area contributed by atoms with E-state index in [0.29, 0.717) is 22.8 Å². The van der Waals surface area contributed by atoms with Gasteiger partial charge in [0, 0.05) is 17.9 Å². The molecule has 0 bridgehead atoms. The lowest BCUT2D eigenvalue weighted by molar-refractivity contribution is -0.144. The molecule has 1 aromatic carbocycles. The molecule has 1 aromatic rings. The van der Waals surface area contributed by atoms with Crippen LogP contribution in [0.1, 0.15) is 31.7 Å². The summed E-state index contributed by atoms with van der Waals surface area (Å²) in [5.74, 6) is 0.116. The van der Waals surface area contributed by atoms with Gasteiger partial charge in [0.25, 0.3) is 0 Å². The van der Waals surface area contributed by atoms with Crippen molar-refractivity contribution < 1.29 is 23.8 Å². The van der Waals surface area contributed by atoms with Crippen LogP contribution in [0, 0.1) is 0 Å². The monoisotopic (exact) mass is 317 g/mol. The van der Waals surface area contributed by atoms with E-state index in [1.807, 2.05) is 12.1 Å². The van der Waals surface area contributed by atoms with Gasteiger partial charge in [0.05, 0.1) is 25.5 Å². The van der Waals surface area contributed by atoms with Crippen molar-refractivity contribution >= 4 is 11.9 Å². The van der Waals surface area contributed by atoms with Crippen molar-refractivity contribution in [1.82, 2.24) is 5.32 Å².